The highest BCUT2D eigenvalue weighted by atomic mass is 16.5. The highest BCUT2D eigenvalue weighted by molar-refractivity contribution is 4.85. The molecule has 122 valence electrons. The molecular formula is C17H36O3. The van der Waals surface area contributed by atoms with Crippen LogP contribution in [0.2, 0.25) is 0 Å². The van der Waals surface area contributed by atoms with Gasteiger partial charge in [0.25, 0.3) is 0 Å². The summed E-state index contributed by atoms with van der Waals surface area (Å²) < 4.78 is 5.91. The fraction of sp³-hybridized carbons (Fsp3) is 1.00. The lowest BCUT2D eigenvalue weighted by Gasteiger charge is -2.38. The second-order valence-corrected chi connectivity index (χ2v) is 8.68. The molecule has 2 N–H and O–H groups in total. The van der Waals surface area contributed by atoms with Crippen LogP contribution < -0.4 is 0 Å². The van der Waals surface area contributed by atoms with Gasteiger partial charge in [0, 0.05) is 0 Å². The Kier molecular flexibility index (Phi) is 7.19. The summed E-state index contributed by atoms with van der Waals surface area (Å²) in [4.78, 5) is 0. The standard InChI is InChI=1S/C17H36O3/c1-13(2)9-14(18)10-20-17(7,8)12-15(3,4)11-16(5,6)19/h13-14,18-19H,9-12H2,1-8H3. The maximum Gasteiger partial charge on any atom is 0.0776 e. The first-order chi connectivity index (χ1) is 8.72. The predicted octanol–water partition coefficient (Wildman–Crippen LogP) is 3.77. The maximum atomic E-state index is 9.99. The fourth-order valence-corrected chi connectivity index (χ4v) is 3.37. The third-order valence-corrected chi connectivity index (χ3v) is 3.23. The number of hydrogen-bond acceptors (Lipinski definition) is 3. The Morgan fingerprint density at radius 1 is 0.950 bits per heavy atom. The van der Waals surface area contributed by atoms with Gasteiger partial charge in [-0.2, -0.15) is 0 Å². The lowest BCUT2D eigenvalue weighted by Crippen LogP contribution is -2.37. The van der Waals surface area contributed by atoms with E-state index in [0.717, 1.165) is 19.3 Å². The zero-order chi connectivity index (χ0) is 16.2. The second kappa shape index (κ2) is 7.24. The van der Waals surface area contributed by atoms with E-state index in [1.54, 1.807) is 0 Å². The Morgan fingerprint density at radius 2 is 1.45 bits per heavy atom. The van der Waals surface area contributed by atoms with Crippen LogP contribution in [0.25, 0.3) is 0 Å². The highest BCUT2D eigenvalue weighted by Crippen LogP contribution is 2.37. The van der Waals surface area contributed by atoms with Crippen molar-refractivity contribution in [3.8, 4) is 0 Å². The van der Waals surface area contributed by atoms with Gasteiger partial charge in [0.2, 0.25) is 0 Å². The van der Waals surface area contributed by atoms with Gasteiger partial charge in [0.05, 0.1) is 23.9 Å². The van der Waals surface area contributed by atoms with E-state index in [1.807, 2.05) is 13.8 Å². The highest BCUT2D eigenvalue weighted by Gasteiger charge is 2.33. The quantitative estimate of drug-likeness (QED) is 0.679. The van der Waals surface area contributed by atoms with Gasteiger partial charge in [-0.15, -0.1) is 0 Å². The largest absolute Gasteiger partial charge is 0.391 e. The van der Waals surface area contributed by atoms with E-state index in [-0.39, 0.29) is 11.0 Å². The predicted molar refractivity (Wildman–Crippen MR) is 84.8 cm³/mol. The molecule has 0 radical (unpaired) electrons. The number of aliphatic hydroxyl groups excluding tert-OH is 1. The smallest absolute Gasteiger partial charge is 0.0776 e. The van der Waals surface area contributed by atoms with Crippen molar-refractivity contribution < 1.29 is 14.9 Å². The zero-order valence-electron chi connectivity index (χ0n) is 14.8. The number of hydrogen-bond donors (Lipinski definition) is 2. The molecule has 0 aromatic carbocycles. The van der Waals surface area contributed by atoms with Crippen molar-refractivity contribution in [2.75, 3.05) is 6.61 Å². The third-order valence-electron chi connectivity index (χ3n) is 3.23. The van der Waals surface area contributed by atoms with Gasteiger partial charge < -0.3 is 14.9 Å². The fourth-order valence-electron chi connectivity index (χ4n) is 3.37. The summed E-state index contributed by atoms with van der Waals surface area (Å²) in [6, 6.07) is 0. The van der Waals surface area contributed by atoms with Crippen molar-refractivity contribution in [3.63, 3.8) is 0 Å². The summed E-state index contributed by atoms with van der Waals surface area (Å²) in [5, 5.41) is 19.9. The molecule has 0 rings (SSSR count). The van der Waals surface area contributed by atoms with Crippen LogP contribution in [0, 0.1) is 11.3 Å². The van der Waals surface area contributed by atoms with Crippen molar-refractivity contribution in [1.82, 2.24) is 0 Å². The summed E-state index contributed by atoms with van der Waals surface area (Å²) in [7, 11) is 0. The van der Waals surface area contributed by atoms with Gasteiger partial charge in [0.1, 0.15) is 0 Å². The van der Waals surface area contributed by atoms with Crippen LogP contribution in [0.3, 0.4) is 0 Å². The first-order valence-electron chi connectivity index (χ1n) is 7.77. The van der Waals surface area contributed by atoms with Crippen LogP contribution >= 0.6 is 0 Å². The number of rotatable bonds is 9. The maximum absolute atomic E-state index is 9.99. The molecule has 0 aliphatic rings. The summed E-state index contributed by atoms with van der Waals surface area (Å²) in [5.41, 5.74) is -0.978. The first kappa shape index (κ1) is 19.9. The molecule has 0 aliphatic carbocycles. The second-order valence-electron chi connectivity index (χ2n) is 8.68. The Balaban J connectivity index is 4.36. The van der Waals surface area contributed by atoms with Crippen molar-refractivity contribution >= 4 is 0 Å². The average molecular weight is 288 g/mol. The molecule has 0 saturated heterocycles. The molecule has 0 aromatic rings. The van der Waals surface area contributed by atoms with Gasteiger partial charge in [-0.05, 0) is 58.3 Å². The monoisotopic (exact) mass is 288 g/mol. The molecule has 0 saturated carbocycles. The minimum atomic E-state index is -0.670. The van der Waals surface area contributed by atoms with Crippen LogP contribution in [0.5, 0.6) is 0 Å². The average Bonchev–Trinajstić information content (AvgIpc) is 2.07. The van der Waals surface area contributed by atoms with Gasteiger partial charge >= 0.3 is 0 Å². The molecule has 1 unspecified atom stereocenters. The van der Waals surface area contributed by atoms with Gasteiger partial charge in [-0.25, -0.2) is 0 Å². The van der Waals surface area contributed by atoms with Gasteiger partial charge in [-0.3, -0.25) is 0 Å². The van der Waals surface area contributed by atoms with Crippen LogP contribution in [-0.4, -0.2) is 34.1 Å². The van der Waals surface area contributed by atoms with Crippen LogP contribution in [0.1, 0.15) is 74.7 Å². The van der Waals surface area contributed by atoms with E-state index in [4.69, 9.17) is 4.74 Å². The molecular weight excluding hydrogens is 252 g/mol. The molecule has 0 heterocycles. The molecule has 0 amide bonds. The van der Waals surface area contributed by atoms with Gasteiger partial charge in [0.15, 0.2) is 0 Å². The third kappa shape index (κ3) is 10.6. The van der Waals surface area contributed by atoms with E-state index in [2.05, 4.69) is 41.5 Å². The minimum Gasteiger partial charge on any atom is -0.391 e. The molecule has 0 spiro atoms. The summed E-state index contributed by atoms with van der Waals surface area (Å²) >= 11 is 0. The Bertz CT molecular complexity index is 274. The normalized spacial score (nSPS) is 15.8. The molecule has 3 nitrogen and oxygen atoms in total. The molecule has 20 heavy (non-hydrogen) atoms. The molecule has 0 bridgehead atoms. The van der Waals surface area contributed by atoms with E-state index in [0.29, 0.717) is 12.5 Å². The number of aliphatic hydroxyl groups is 2. The Morgan fingerprint density at radius 3 is 1.85 bits per heavy atom. The minimum absolute atomic E-state index is 0.00918. The van der Waals surface area contributed by atoms with E-state index < -0.39 is 11.7 Å². The van der Waals surface area contributed by atoms with Crippen molar-refractivity contribution in [2.45, 2.75) is 92.0 Å². The first-order valence-corrected chi connectivity index (χ1v) is 7.77. The zero-order valence-corrected chi connectivity index (χ0v) is 14.8. The summed E-state index contributed by atoms with van der Waals surface area (Å²) in [5.74, 6) is 0.475. The molecule has 1 atom stereocenters. The number of ether oxygens (including phenoxy) is 1. The topological polar surface area (TPSA) is 49.7 Å². The van der Waals surface area contributed by atoms with E-state index >= 15 is 0 Å². The molecule has 0 fully saturated rings. The lowest BCUT2D eigenvalue weighted by molar-refractivity contribution is -0.0899. The van der Waals surface area contributed by atoms with E-state index in [9.17, 15) is 10.2 Å². The SMILES string of the molecule is CC(C)CC(O)COC(C)(C)CC(C)(C)CC(C)(C)O. The van der Waals surface area contributed by atoms with Crippen molar-refractivity contribution in [2.24, 2.45) is 11.3 Å². The Hall–Kier alpha value is -0.120. The Labute approximate surface area is 125 Å². The summed E-state index contributed by atoms with van der Waals surface area (Å²) in [6.07, 6.45) is 1.94. The molecule has 0 aliphatic heterocycles. The van der Waals surface area contributed by atoms with Crippen LogP contribution in [0.4, 0.5) is 0 Å². The van der Waals surface area contributed by atoms with Gasteiger partial charge in [-0.1, -0.05) is 27.7 Å². The van der Waals surface area contributed by atoms with Crippen LogP contribution in [0.15, 0.2) is 0 Å². The molecule has 3 heteroatoms. The van der Waals surface area contributed by atoms with Crippen molar-refractivity contribution in [1.29, 1.82) is 0 Å². The lowest BCUT2D eigenvalue weighted by atomic mass is 9.75. The summed E-state index contributed by atoms with van der Waals surface area (Å²) in [6.45, 7) is 16.7. The van der Waals surface area contributed by atoms with Crippen LogP contribution in [-0.2, 0) is 4.74 Å². The van der Waals surface area contributed by atoms with E-state index in [1.165, 1.54) is 0 Å². The molecule has 0 aromatic heterocycles. The van der Waals surface area contributed by atoms with Crippen molar-refractivity contribution in [3.05, 3.63) is 0 Å².